The lowest BCUT2D eigenvalue weighted by atomic mass is 9.99. The van der Waals surface area contributed by atoms with Gasteiger partial charge in [0.2, 0.25) is 0 Å². The molecule has 0 aliphatic carbocycles. The number of aryl methyl sites for hydroxylation is 2. The van der Waals surface area contributed by atoms with Gasteiger partial charge >= 0.3 is 0 Å². The lowest BCUT2D eigenvalue weighted by Crippen LogP contribution is -2.42. The van der Waals surface area contributed by atoms with Gasteiger partial charge in [0.05, 0.1) is 5.56 Å². The molecule has 2 aromatic carbocycles. The second-order valence-electron chi connectivity index (χ2n) is 9.66. The number of carbonyl (C=O) groups is 2. The zero-order valence-electron chi connectivity index (χ0n) is 20.1. The lowest BCUT2D eigenvalue weighted by Gasteiger charge is -2.31. The van der Waals surface area contributed by atoms with E-state index in [9.17, 15) is 9.59 Å². The summed E-state index contributed by atoms with van der Waals surface area (Å²) in [6.07, 6.45) is 3.22. The monoisotopic (exact) mass is 478 g/mol. The number of aromatic nitrogens is 2. The van der Waals surface area contributed by atoms with E-state index in [0.29, 0.717) is 48.0 Å². The van der Waals surface area contributed by atoms with E-state index in [1.54, 1.807) is 54.0 Å². The highest BCUT2D eigenvalue weighted by Gasteiger charge is 2.34. The van der Waals surface area contributed by atoms with E-state index in [1.165, 1.54) is 6.07 Å². The fourth-order valence-electron chi connectivity index (χ4n) is 4.38. The predicted octanol–water partition coefficient (Wildman–Crippen LogP) is 4.47. The van der Waals surface area contributed by atoms with Crippen molar-refractivity contribution in [1.29, 1.82) is 0 Å². The Morgan fingerprint density at radius 1 is 1.20 bits per heavy atom. The molecule has 35 heavy (non-hydrogen) atoms. The number of hydrogen-bond donors (Lipinski definition) is 1. The van der Waals surface area contributed by atoms with Gasteiger partial charge in [-0.1, -0.05) is 0 Å². The number of fused-ring (bicyclic) bond motifs is 1. The van der Waals surface area contributed by atoms with Gasteiger partial charge in [-0.05, 0) is 51.0 Å². The molecule has 1 N–H and O–H groups in total. The van der Waals surface area contributed by atoms with Crippen LogP contribution in [0.15, 0.2) is 36.5 Å². The second kappa shape index (κ2) is 8.41. The normalized spacial score (nSPS) is 15.7. The Kier molecular flexibility index (Phi) is 5.50. The van der Waals surface area contributed by atoms with E-state index in [2.05, 4.69) is 10.4 Å². The van der Waals surface area contributed by atoms with Crippen molar-refractivity contribution in [3.05, 3.63) is 64.6 Å². The van der Waals surface area contributed by atoms with Gasteiger partial charge in [0, 0.05) is 56.0 Å². The first-order chi connectivity index (χ1) is 16.6. The van der Waals surface area contributed by atoms with Crippen LogP contribution in [0, 0.1) is 12.7 Å². The summed E-state index contributed by atoms with van der Waals surface area (Å²) in [7, 11) is 1.76. The molecule has 9 heteroatoms. The van der Waals surface area contributed by atoms with Crippen LogP contribution in [0.3, 0.4) is 0 Å². The molecule has 2 aliphatic rings. The van der Waals surface area contributed by atoms with Crippen LogP contribution in [-0.2, 0) is 13.5 Å². The third kappa shape index (κ3) is 4.45. The van der Waals surface area contributed by atoms with Crippen LogP contribution < -0.4 is 14.8 Å². The quantitative estimate of drug-likeness (QED) is 0.585. The van der Waals surface area contributed by atoms with Gasteiger partial charge in [0.25, 0.3) is 11.8 Å². The van der Waals surface area contributed by atoms with Gasteiger partial charge < -0.3 is 19.7 Å². The molecule has 1 aromatic heterocycles. The van der Waals surface area contributed by atoms with Crippen LogP contribution in [0.25, 0.3) is 0 Å². The fourth-order valence-corrected chi connectivity index (χ4v) is 4.38. The summed E-state index contributed by atoms with van der Waals surface area (Å²) in [5, 5.41) is 6.93. The van der Waals surface area contributed by atoms with Crippen LogP contribution in [0.2, 0.25) is 0 Å². The van der Waals surface area contributed by atoms with E-state index in [-0.39, 0.29) is 23.1 Å². The third-order valence-corrected chi connectivity index (χ3v) is 6.22. The van der Waals surface area contributed by atoms with E-state index >= 15 is 4.39 Å². The van der Waals surface area contributed by atoms with E-state index < -0.39 is 11.4 Å². The summed E-state index contributed by atoms with van der Waals surface area (Å²) in [6, 6.07) is 7.85. The number of carbonyl (C=O) groups excluding carboxylic acids is 2. The molecule has 0 radical (unpaired) electrons. The zero-order valence-corrected chi connectivity index (χ0v) is 20.1. The smallest absolute Gasteiger partial charge is 0.257 e. The van der Waals surface area contributed by atoms with Crippen LogP contribution in [0.4, 0.5) is 10.2 Å². The maximum absolute atomic E-state index is 15.0. The van der Waals surface area contributed by atoms with Crippen molar-refractivity contribution in [2.75, 3.05) is 18.4 Å². The average Bonchev–Trinajstić information content (AvgIpc) is 3.26. The SMILES string of the molecule is Cc1cc(Oc2cc(C(=O)Nc3ccn(C)n3)cc3c2CC(C)(C)O3)cc(F)c1C(=O)N1CCC1. The number of rotatable bonds is 5. The molecule has 3 aromatic rings. The highest BCUT2D eigenvalue weighted by Crippen LogP contribution is 2.43. The molecule has 1 saturated heterocycles. The Bertz CT molecular complexity index is 1320. The summed E-state index contributed by atoms with van der Waals surface area (Å²) in [4.78, 5) is 27.2. The van der Waals surface area contributed by atoms with E-state index in [1.807, 2.05) is 13.8 Å². The first-order valence-electron chi connectivity index (χ1n) is 11.5. The topological polar surface area (TPSA) is 85.7 Å². The van der Waals surface area contributed by atoms with Gasteiger partial charge in [-0.2, -0.15) is 5.10 Å². The van der Waals surface area contributed by atoms with Crippen molar-refractivity contribution < 1.29 is 23.5 Å². The first-order valence-corrected chi connectivity index (χ1v) is 11.5. The third-order valence-electron chi connectivity index (χ3n) is 6.22. The summed E-state index contributed by atoms with van der Waals surface area (Å²) in [6.45, 7) is 6.88. The molecule has 2 aliphatic heterocycles. The Labute approximate surface area is 202 Å². The molecule has 5 rings (SSSR count). The van der Waals surface area contributed by atoms with Crippen LogP contribution in [0.5, 0.6) is 17.2 Å². The maximum atomic E-state index is 15.0. The van der Waals surface area contributed by atoms with Crippen molar-refractivity contribution in [3.8, 4) is 17.2 Å². The number of nitrogens with one attached hydrogen (secondary N) is 1. The van der Waals surface area contributed by atoms with Crippen molar-refractivity contribution >= 4 is 17.6 Å². The van der Waals surface area contributed by atoms with Gasteiger partial charge in [0.1, 0.15) is 28.7 Å². The minimum absolute atomic E-state index is 0.0650. The molecule has 0 bridgehead atoms. The second-order valence-corrected chi connectivity index (χ2v) is 9.66. The molecule has 8 nitrogen and oxygen atoms in total. The average molecular weight is 479 g/mol. The highest BCUT2D eigenvalue weighted by molar-refractivity contribution is 6.04. The number of benzene rings is 2. The zero-order chi connectivity index (χ0) is 24.9. The van der Waals surface area contributed by atoms with Crippen LogP contribution >= 0.6 is 0 Å². The lowest BCUT2D eigenvalue weighted by molar-refractivity contribution is 0.0646. The summed E-state index contributed by atoms with van der Waals surface area (Å²) < 4.78 is 28.8. The van der Waals surface area contributed by atoms with Crippen molar-refractivity contribution in [2.24, 2.45) is 7.05 Å². The first kappa shape index (κ1) is 22.9. The number of anilines is 1. The Morgan fingerprint density at radius 2 is 1.97 bits per heavy atom. The van der Waals surface area contributed by atoms with Gasteiger partial charge in [-0.15, -0.1) is 0 Å². The van der Waals surface area contributed by atoms with Gasteiger partial charge in [-0.25, -0.2) is 4.39 Å². The van der Waals surface area contributed by atoms with Crippen molar-refractivity contribution in [3.63, 3.8) is 0 Å². The molecular formula is C26H27FN4O4. The summed E-state index contributed by atoms with van der Waals surface area (Å²) in [5.41, 5.74) is 1.20. The largest absolute Gasteiger partial charge is 0.487 e. The fraction of sp³-hybridized carbons (Fsp3) is 0.346. The summed E-state index contributed by atoms with van der Waals surface area (Å²) in [5.74, 6) is 0.301. The molecule has 2 amide bonds. The standard InChI is InChI=1S/C26H27FN4O4/c1-15-10-17(13-19(27)23(15)25(33)31-7-5-8-31)34-20-11-16(12-21-18(20)14-26(2,3)35-21)24(32)28-22-6-9-30(4)29-22/h6,9-13H,5,7-8,14H2,1-4H3,(H,28,29,32). The number of hydrogen-bond acceptors (Lipinski definition) is 5. The molecule has 0 atom stereocenters. The number of nitrogens with zero attached hydrogens (tertiary/aromatic N) is 3. The Balaban J connectivity index is 1.47. The van der Waals surface area contributed by atoms with E-state index in [0.717, 1.165) is 12.0 Å². The molecule has 3 heterocycles. The molecule has 0 saturated carbocycles. The molecule has 1 fully saturated rings. The van der Waals surface area contributed by atoms with Gasteiger partial charge in [-0.3, -0.25) is 14.3 Å². The van der Waals surface area contributed by atoms with Gasteiger partial charge in [0.15, 0.2) is 5.82 Å². The minimum atomic E-state index is -0.630. The Morgan fingerprint density at radius 3 is 2.60 bits per heavy atom. The van der Waals surface area contributed by atoms with Crippen LogP contribution in [-0.4, -0.2) is 45.2 Å². The number of likely N-dealkylation sites (tertiary alicyclic amines) is 1. The number of ether oxygens (including phenoxy) is 2. The molecule has 0 spiro atoms. The minimum Gasteiger partial charge on any atom is -0.487 e. The number of halogens is 1. The van der Waals surface area contributed by atoms with Crippen molar-refractivity contribution in [1.82, 2.24) is 14.7 Å². The molecule has 182 valence electrons. The van der Waals surface area contributed by atoms with Crippen LogP contribution in [0.1, 0.15) is 52.1 Å². The van der Waals surface area contributed by atoms with Crippen molar-refractivity contribution in [2.45, 2.75) is 39.2 Å². The molecular weight excluding hydrogens is 451 g/mol. The maximum Gasteiger partial charge on any atom is 0.257 e. The Hall–Kier alpha value is -3.88. The highest BCUT2D eigenvalue weighted by atomic mass is 19.1. The predicted molar refractivity (Wildman–Crippen MR) is 128 cm³/mol. The molecule has 0 unspecified atom stereocenters. The summed E-state index contributed by atoms with van der Waals surface area (Å²) >= 11 is 0. The number of amides is 2. The van der Waals surface area contributed by atoms with E-state index in [4.69, 9.17) is 9.47 Å².